The Bertz CT molecular complexity index is 1350. The summed E-state index contributed by atoms with van der Waals surface area (Å²) in [6, 6.07) is 10.3. The summed E-state index contributed by atoms with van der Waals surface area (Å²) in [5.41, 5.74) is 1.20. The van der Waals surface area contributed by atoms with E-state index in [0.29, 0.717) is 38.1 Å². The fourth-order valence-electron chi connectivity index (χ4n) is 10.3. The van der Waals surface area contributed by atoms with Gasteiger partial charge in [0.05, 0.1) is 19.8 Å². The lowest BCUT2D eigenvalue weighted by atomic mass is 9.94. The molecule has 0 radical (unpaired) electrons. The second-order valence-electron chi connectivity index (χ2n) is 21.7. The van der Waals surface area contributed by atoms with E-state index in [1.807, 2.05) is 18.2 Å². The number of hydrogen-bond acceptors (Lipinski definition) is 9. The molecule has 0 spiro atoms. The van der Waals surface area contributed by atoms with Crippen LogP contribution in [0, 0.1) is 11.8 Å². The highest BCUT2D eigenvalue weighted by molar-refractivity contribution is 5.69. The molecule has 0 saturated carbocycles. The molecule has 1 fully saturated rings. The van der Waals surface area contributed by atoms with Crippen molar-refractivity contribution >= 4 is 11.9 Å². The minimum atomic E-state index is -1.13. The predicted molar refractivity (Wildman–Crippen MR) is 297 cm³/mol. The molecule has 420 valence electrons. The number of rotatable bonds is 53. The standard InChI is InChI=1S/C62H113NO9/c1-5-9-13-17-19-28-42-55(40-26-15-11-7-3)51-70-60-57(72-62(67)61(60)71-52-56(41-27-16-12-8-4)43-29-20-18-14-10-6-2)53-69-59(66)45-33-22-24-35-47-63(46-34-23-21-32-44-58(64)65)48-36-37-49-68-50-54-38-30-25-31-39-54/h25,30-31,38-39,55-57,60-62,67H,5-24,26-29,32-37,40-53H2,1-4H3,(H,64,65)/t55?,56?,57-,60+,61+,62-/m1/s1. The van der Waals surface area contributed by atoms with Crippen molar-refractivity contribution < 1.29 is 43.5 Å². The molecule has 72 heavy (non-hydrogen) atoms. The lowest BCUT2D eigenvalue weighted by Gasteiger charge is -2.28. The first-order valence-corrected chi connectivity index (χ1v) is 30.6. The van der Waals surface area contributed by atoms with Crippen LogP contribution in [0.2, 0.25) is 0 Å². The van der Waals surface area contributed by atoms with Gasteiger partial charge >= 0.3 is 11.9 Å². The fraction of sp³-hybridized carbons (Fsp3) is 0.871. The molecular formula is C62H113NO9. The number of nitrogens with zero attached hydrogens (tertiary/aromatic N) is 1. The van der Waals surface area contributed by atoms with Crippen molar-refractivity contribution in [3.63, 3.8) is 0 Å². The van der Waals surface area contributed by atoms with E-state index in [4.69, 9.17) is 28.8 Å². The molecule has 10 nitrogen and oxygen atoms in total. The van der Waals surface area contributed by atoms with E-state index >= 15 is 0 Å². The second kappa shape index (κ2) is 47.4. The van der Waals surface area contributed by atoms with Gasteiger partial charge < -0.3 is 38.8 Å². The van der Waals surface area contributed by atoms with Gasteiger partial charge in [-0.2, -0.15) is 0 Å². The molecule has 0 aromatic heterocycles. The number of aliphatic carboxylic acids is 1. The number of carbonyl (C=O) groups excluding carboxylic acids is 1. The van der Waals surface area contributed by atoms with Gasteiger partial charge in [-0.3, -0.25) is 9.59 Å². The first kappa shape index (κ1) is 66.0. The van der Waals surface area contributed by atoms with Crippen LogP contribution in [0.3, 0.4) is 0 Å². The maximum Gasteiger partial charge on any atom is 0.305 e. The van der Waals surface area contributed by atoms with E-state index in [-0.39, 0.29) is 19.0 Å². The van der Waals surface area contributed by atoms with E-state index in [1.54, 1.807) is 0 Å². The van der Waals surface area contributed by atoms with Crippen LogP contribution in [0.25, 0.3) is 0 Å². The van der Waals surface area contributed by atoms with Crippen molar-refractivity contribution in [1.82, 2.24) is 4.90 Å². The molecular weight excluding hydrogens is 903 g/mol. The van der Waals surface area contributed by atoms with Crippen LogP contribution < -0.4 is 0 Å². The summed E-state index contributed by atoms with van der Waals surface area (Å²) < 4.78 is 31.6. The maximum atomic E-state index is 13.2. The van der Waals surface area contributed by atoms with Gasteiger partial charge in [-0.15, -0.1) is 0 Å². The zero-order chi connectivity index (χ0) is 52.0. The number of carbonyl (C=O) groups is 2. The molecule has 1 heterocycles. The lowest BCUT2D eigenvalue weighted by Crippen LogP contribution is -2.41. The van der Waals surface area contributed by atoms with Crippen LogP contribution in [0.1, 0.15) is 264 Å². The number of aliphatic hydroxyl groups is 1. The summed E-state index contributed by atoms with van der Waals surface area (Å²) in [5, 5.41) is 20.5. The first-order chi connectivity index (χ1) is 35.3. The molecule has 10 heteroatoms. The van der Waals surface area contributed by atoms with Crippen LogP contribution >= 0.6 is 0 Å². The monoisotopic (exact) mass is 1020 g/mol. The zero-order valence-electron chi connectivity index (χ0n) is 47.2. The van der Waals surface area contributed by atoms with E-state index in [1.165, 1.54) is 134 Å². The first-order valence-electron chi connectivity index (χ1n) is 30.6. The number of hydrogen-bond donors (Lipinski definition) is 2. The van der Waals surface area contributed by atoms with Gasteiger partial charge in [-0.1, -0.05) is 212 Å². The maximum absolute atomic E-state index is 13.2. The zero-order valence-corrected chi connectivity index (χ0v) is 47.2. The third-order valence-electron chi connectivity index (χ3n) is 15.0. The van der Waals surface area contributed by atoms with E-state index < -0.39 is 30.6 Å². The highest BCUT2D eigenvalue weighted by Crippen LogP contribution is 2.30. The third kappa shape index (κ3) is 36.0. The topological polar surface area (TPSA) is 124 Å². The van der Waals surface area contributed by atoms with Crippen molar-refractivity contribution in [1.29, 1.82) is 0 Å². The van der Waals surface area contributed by atoms with Crippen molar-refractivity contribution in [3.8, 4) is 0 Å². The second-order valence-corrected chi connectivity index (χ2v) is 21.7. The Kier molecular flexibility index (Phi) is 43.4. The fourth-order valence-corrected chi connectivity index (χ4v) is 10.3. The average Bonchev–Trinajstić information content (AvgIpc) is 3.68. The molecule has 1 saturated heterocycles. The summed E-state index contributed by atoms with van der Waals surface area (Å²) in [4.78, 5) is 26.8. The van der Waals surface area contributed by atoms with E-state index in [9.17, 15) is 14.7 Å². The van der Waals surface area contributed by atoms with Crippen molar-refractivity contribution in [2.24, 2.45) is 11.8 Å². The highest BCUT2D eigenvalue weighted by atomic mass is 16.7. The van der Waals surface area contributed by atoms with E-state index in [2.05, 4.69) is 44.7 Å². The molecule has 2 N–H and O–H groups in total. The SMILES string of the molecule is CCCCCCCCC(CCCCCC)CO[C@@H]1[C@H](OCC(CCCCCC)CCCCCCCC)[C@H](O)O[C@@H]1COC(=O)CCCCCCN(CCCCCCC(=O)O)CCCCOCc1ccccc1. The number of esters is 1. The molecule has 0 aliphatic carbocycles. The Morgan fingerprint density at radius 2 is 0.972 bits per heavy atom. The van der Waals surface area contributed by atoms with Gasteiger partial charge in [-0.25, -0.2) is 0 Å². The number of carboxylic acid groups (broad SMARTS) is 1. The normalized spacial score (nSPS) is 17.8. The molecule has 0 bridgehead atoms. The van der Waals surface area contributed by atoms with Crippen molar-refractivity contribution in [2.75, 3.05) is 46.1 Å². The van der Waals surface area contributed by atoms with E-state index in [0.717, 1.165) is 116 Å². The number of aliphatic hydroxyl groups excluding tert-OH is 1. The summed E-state index contributed by atoms with van der Waals surface area (Å²) >= 11 is 0. The number of carboxylic acids is 1. The Morgan fingerprint density at radius 3 is 1.49 bits per heavy atom. The quantitative estimate of drug-likeness (QED) is 0.0481. The summed E-state index contributed by atoms with van der Waals surface area (Å²) in [6.07, 6.45) is 37.4. The van der Waals surface area contributed by atoms with Crippen molar-refractivity contribution in [2.45, 2.75) is 290 Å². The molecule has 2 unspecified atom stereocenters. The van der Waals surface area contributed by atoms with Crippen LogP contribution in [0.15, 0.2) is 30.3 Å². The van der Waals surface area contributed by atoms with Crippen LogP contribution in [-0.4, -0.2) is 97.7 Å². The molecule has 6 atom stereocenters. The summed E-state index contributed by atoms with van der Waals surface area (Å²) in [7, 11) is 0. The smallest absolute Gasteiger partial charge is 0.305 e. The summed E-state index contributed by atoms with van der Waals surface area (Å²) in [5.74, 6) is -0.0492. The van der Waals surface area contributed by atoms with Gasteiger partial charge in [0.2, 0.25) is 0 Å². The molecule has 1 aliphatic heterocycles. The number of benzene rings is 1. The minimum Gasteiger partial charge on any atom is -0.481 e. The van der Waals surface area contributed by atoms with Gasteiger partial charge in [0.15, 0.2) is 6.29 Å². The molecule has 1 aliphatic rings. The average molecular weight is 1020 g/mol. The van der Waals surface area contributed by atoms with Crippen LogP contribution in [0.4, 0.5) is 0 Å². The molecule has 2 rings (SSSR count). The van der Waals surface area contributed by atoms with Crippen LogP contribution in [-0.2, 0) is 39.9 Å². The third-order valence-corrected chi connectivity index (χ3v) is 15.0. The Morgan fingerprint density at radius 1 is 0.542 bits per heavy atom. The molecule has 0 amide bonds. The Hall–Kier alpha value is -2.08. The number of unbranched alkanes of at least 4 members (excludes halogenated alkanes) is 23. The lowest BCUT2D eigenvalue weighted by molar-refractivity contribution is -0.162. The minimum absolute atomic E-state index is 0.0553. The Labute approximate surface area is 442 Å². The molecule has 1 aromatic rings. The van der Waals surface area contributed by atoms with Gasteiger partial charge in [-0.05, 0) is 101 Å². The van der Waals surface area contributed by atoms with Crippen molar-refractivity contribution in [3.05, 3.63) is 35.9 Å². The predicted octanol–water partition coefficient (Wildman–Crippen LogP) is 16.0. The highest BCUT2D eigenvalue weighted by Gasteiger charge is 2.46. The summed E-state index contributed by atoms with van der Waals surface area (Å²) in [6.45, 7) is 14.8. The van der Waals surface area contributed by atoms with Gasteiger partial charge in [0, 0.05) is 19.4 Å². The number of ether oxygens (including phenoxy) is 5. The van der Waals surface area contributed by atoms with Crippen LogP contribution in [0.5, 0.6) is 0 Å². The van der Waals surface area contributed by atoms with Gasteiger partial charge in [0.25, 0.3) is 0 Å². The Balaban J connectivity index is 1.97. The largest absolute Gasteiger partial charge is 0.481 e. The van der Waals surface area contributed by atoms with Gasteiger partial charge in [0.1, 0.15) is 24.9 Å². The molecule has 1 aromatic carbocycles.